The Morgan fingerprint density at radius 2 is 2.18 bits per heavy atom. The van der Waals surface area contributed by atoms with Crippen molar-refractivity contribution in [2.45, 2.75) is 27.3 Å². The van der Waals surface area contributed by atoms with Crippen LogP contribution >= 0.6 is 11.3 Å². The number of fused-ring (bicyclic) bond motifs is 1. The van der Waals surface area contributed by atoms with Gasteiger partial charge in [0.1, 0.15) is 0 Å². The van der Waals surface area contributed by atoms with Crippen molar-refractivity contribution < 1.29 is 0 Å². The number of hydrogen-bond donors (Lipinski definition) is 1. The molecular weight excluding hydrogens is 232 g/mol. The van der Waals surface area contributed by atoms with Gasteiger partial charge in [0.05, 0.1) is 5.69 Å². The number of thiazole rings is 1. The summed E-state index contributed by atoms with van der Waals surface area (Å²) in [7, 11) is 2.08. The predicted octanol–water partition coefficient (Wildman–Crippen LogP) is 2.34. The first-order valence-electron chi connectivity index (χ1n) is 5.78. The molecule has 0 radical (unpaired) electrons. The Bertz CT molecular complexity index is 506. The standard InChI is InChI=1S/C12H20N4S/c1-12(2,3)8-15(4)10-9(7-13)16-5-6-17-11(16)14-10/h5-6H,7-8,13H2,1-4H3. The van der Waals surface area contributed by atoms with E-state index in [1.54, 1.807) is 11.3 Å². The van der Waals surface area contributed by atoms with Crippen LogP contribution in [0.1, 0.15) is 26.5 Å². The fraction of sp³-hybridized carbons (Fsp3) is 0.583. The van der Waals surface area contributed by atoms with Gasteiger partial charge in [-0.15, -0.1) is 11.3 Å². The second-order valence-corrected chi connectivity index (χ2v) is 6.43. The highest BCUT2D eigenvalue weighted by atomic mass is 32.1. The topological polar surface area (TPSA) is 46.6 Å². The van der Waals surface area contributed by atoms with Gasteiger partial charge >= 0.3 is 0 Å². The number of hydrogen-bond acceptors (Lipinski definition) is 4. The Morgan fingerprint density at radius 3 is 2.76 bits per heavy atom. The fourth-order valence-corrected chi connectivity index (χ4v) is 2.83. The predicted molar refractivity (Wildman–Crippen MR) is 73.7 cm³/mol. The van der Waals surface area contributed by atoms with Crippen molar-refractivity contribution in [2.24, 2.45) is 11.1 Å². The largest absolute Gasteiger partial charge is 0.358 e. The van der Waals surface area contributed by atoms with E-state index in [0.29, 0.717) is 6.54 Å². The van der Waals surface area contributed by atoms with Gasteiger partial charge in [0.25, 0.3) is 0 Å². The number of aromatic nitrogens is 2. The number of nitrogens with two attached hydrogens (primary N) is 1. The molecule has 2 heterocycles. The first kappa shape index (κ1) is 12.4. The molecule has 0 amide bonds. The summed E-state index contributed by atoms with van der Waals surface area (Å²) in [5, 5.41) is 2.04. The monoisotopic (exact) mass is 252 g/mol. The first-order chi connectivity index (χ1) is 7.92. The average Bonchev–Trinajstić information content (AvgIpc) is 2.72. The quantitative estimate of drug-likeness (QED) is 0.912. The van der Waals surface area contributed by atoms with Gasteiger partial charge in [-0.1, -0.05) is 20.8 Å². The maximum atomic E-state index is 5.84. The van der Waals surface area contributed by atoms with Gasteiger partial charge in [0.2, 0.25) is 0 Å². The van der Waals surface area contributed by atoms with Crippen LogP contribution in [0.4, 0.5) is 5.82 Å². The molecule has 2 N–H and O–H groups in total. The Hall–Kier alpha value is -1.07. The van der Waals surface area contributed by atoms with E-state index in [2.05, 4.69) is 42.1 Å². The van der Waals surface area contributed by atoms with E-state index in [1.165, 1.54) is 0 Å². The second-order valence-electron chi connectivity index (χ2n) is 5.56. The van der Waals surface area contributed by atoms with Gasteiger partial charge in [-0.05, 0) is 5.41 Å². The van der Waals surface area contributed by atoms with Crippen LogP contribution in [0.2, 0.25) is 0 Å². The maximum absolute atomic E-state index is 5.84. The zero-order valence-electron chi connectivity index (χ0n) is 10.9. The molecule has 2 aromatic heterocycles. The number of anilines is 1. The summed E-state index contributed by atoms with van der Waals surface area (Å²) in [5.41, 5.74) is 7.18. The van der Waals surface area contributed by atoms with E-state index < -0.39 is 0 Å². The summed E-state index contributed by atoms with van der Waals surface area (Å²) >= 11 is 1.64. The highest BCUT2D eigenvalue weighted by Gasteiger charge is 2.19. The van der Waals surface area contributed by atoms with Gasteiger partial charge in [-0.3, -0.25) is 4.40 Å². The number of rotatable bonds is 3. The van der Waals surface area contributed by atoms with Crippen molar-refractivity contribution in [3.05, 3.63) is 17.3 Å². The lowest BCUT2D eigenvalue weighted by Gasteiger charge is -2.27. The molecule has 2 rings (SSSR count). The van der Waals surface area contributed by atoms with Crippen molar-refractivity contribution >= 4 is 22.1 Å². The van der Waals surface area contributed by atoms with E-state index >= 15 is 0 Å². The van der Waals surface area contributed by atoms with Crippen molar-refractivity contribution in [3.8, 4) is 0 Å². The fourth-order valence-electron chi connectivity index (χ4n) is 2.10. The van der Waals surface area contributed by atoms with Gasteiger partial charge in [0, 0.05) is 31.7 Å². The Morgan fingerprint density at radius 1 is 1.47 bits per heavy atom. The summed E-state index contributed by atoms with van der Waals surface area (Å²) in [6.07, 6.45) is 2.03. The number of imidazole rings is 1. The zero-order chi connectivity index (χ0) is 12.6. The Labute approximate surface area is 106 Å². The molecule has 0 spiro atoms. The third-order valence-corrected chi connectivity index (χ3v) is 3.36. The average molecular weight is 252 g/mol. The van der Waals surface area contributed by atoms with Crippen LogP contribution in [0.25, 0.3) is 4.96 Å². The lowest BCUT2D eigenvalue weighted by molar-refractivity contribution is 0.417. The van der Waals surface area contributed by atoms with Crippen LogP contribution in [0, 0.1) is 5.41 Å². The molecule has 0 aliphatic rings. The molecule has 94 valence electrons. The van der Waals surface area contributed by atoms with E-state index in [1.807, 2.05) is 11.6 Å². The van der Waals surface area contributed by atoms with Crippen LogP contribution in [-0.2, 0) is 6.54 Å². The molecule has 4 nitrogen and oxygen atoms in total. The molecule has 0 aliphatic carbocycles. The smallest absolute Gasteiger partial charge is 0.195 e. The minimum atomic E-state index is 0.248. The normalized spacial score (nSPS) is 12.3. The summed E-state index contributed by atoms with van der Waals surface area (Å²) in [5.74, 6) is 1.01. The summed E-state index contributed by atoms with van der Waals surface area (Å²) in [4.78, 5) is 7.87. The van der Waals surface area contributed by atoms with Crippen LogP contribution in [-0.4, -0.2) is 23.0 Å². The molecule has 0 fully saturated rings. The molecule has 0 bridgehead atoms. The highest BCUT2D eigenvalue weighted by Crippen LogP contribution is 2.26. The maximum Gasteiger partial charge on any atom is 0.195 e. The molecular formula is C12H20N4S. The van der Waals surface area contributed by atoms with Crippen molar-refractivity contribution in [2.75, 3.05) is 18.5 Å². The minimum absolute atomic E-state index is 0.248. The molecule has 0 saturated carbocycles. The van der Waals surface area contributed by atoms with E-state index in [0.717, 1.165) is 23.0 Å². The molecule has 5 heteroatoms. The first-order valence-corrected chi connectivity index (χ1v) is 6.66. The van der Waals surface area contributed by atoms with E-state index in [-0.39, 0.29) is 5.41 Å². The van der Waals surface area contributed by atoms with Gasteiger partial charge in [-0.2, -0.15) is 0 Å². The van der Waals surface area contributed by atoms with E-state index in [9.17, 15) is 0 Å². The van der Waals surface area contributed by atoms with Gasteiger partial charge < -0.3 is 10.6 Å². The molecule has 0 atom stereocenters. The molecule has 0 saturated heterocycles. The lowest BCUT2D eigenvalue weighted by atomic mass is 9.96. The van der Waals surface area contributed by atoms with Crippen molar-refractivity contribution in [1.29, 1.82) is 0 Å². The van der Waals surface area contributed by atoms with Crippen molar-refractivity contribution in [1.82, 2.24) is 9.38 Å². The van der Waals surface area contributed by atoms with Gasteiger partial charge in [-0.25, -0.2) is 4.98 Å². The third kappa shape index (κ3) is 2.45. The Kier molecular flexibility index (Phi) is 3.14. The third-order valence-electron chi connectivity index (χ3n) is 2.61. The summed E-state index contributed by atoms with van der Waals surface area (Å²) < 4.78 is 2.08. The summed E-state index contributed by atoms with van der Waals surface area (Å²) in [6, 6.07) is 0. The summed E-state index contributed by atoms with van der Waals surface area (Å²) in [6.45, 7) is 8.16. The van der Waals surface area contributed by atoms with Crippen molar-refractivity contribution in [3.63, 3.8) is 0 Å². The zero-order valence-corrected chi connectivity index (χ0v) is 11.7. The second kappa shape index (κ2) is 4.31. The highest BCUT2D eigenvalue weighted by molar-refractivity contribution is 7.15. The van der Waals surface area contributed by atoms with Crippen LogP contribution in [0.15, 0.2) is 11.6 Å². The lowest BCUT2D eigenvalue weighted by Crippen LogP contribution is -2.30. The number of nitrogens with zero attached hydrogens (tertiary/aromatic N) is 3. The SMILES string of the molecule is CN(CC(C)(C)C)c1nc2sccn2c1CN. The minimum Gasteiger partial charge on any atom is -0.358 e. The van der Waals surface area contributed by atoms with Crippen LogP contribution in [0.3, 0.4) is 0 Å². The Balaban J connectivity index is 2.37. The van der Waals surface area contributed by atoms with Crippen LogP contribution in [0.5, 0.6) is 0 Å². The molecule has 17 heavy (non-hydrogen) atoms. The molecule has 2 aromatic rings. The van der Waals surface area contributed by atoms with Gasteiger partial charge in [0.15, 0.2) is 10.8 Å². The molecule has 0 aliphatic heterocycles. The van der Waals surface area contributed by atoms with Crippen LogP contribution < -0.4 is 10.6 Å². The molecule has 0 aromatic carbocycles. The molecule has 0 unspecified atom stereocenters. The van der Waals surface area contributed by atoms with E-state index in [4.69, 9.17) is 5.73 Å².